The van der Waals surface area contributed by atoms with Crippen molar-refractivity contribution in [3.63, 3.8) is 0 Å². The van der Waals surface area contributed by atoms with Crippen LogP contribution < -0.4 is 10.2 Å². The number of nitro groups is 1. The van der Waals surface area contributed by atoms with Crippen LogP contribution in [0.2, 0.25) is 0 Å². The van der Waals surface area contributed by atoms with E-state index in [1.54, 1.807) is 6.07 Å². The Morgan fingerprint density at radius 1 is 1.15 bits per heavy atom. The molecule has 0 aliphatic carbocycles. The average Bonchev–Trinajstić information content (AvgIpc) is 2.60. The van der Waals surface area contributed by atoms with Gasteiger partial charge in [-0.1, -0.05) is 6.07 Å². The van der Waals surface area contributed by atoms with Gasteiger partial charge in [-0.2, -0.15) is 4.98 Å². The zero-order valence-corrected chi connectivity index (χ0v) is 15.1. The first-order valence-electron chi connectivity index (χ1n) is 8.38. The highest BCUT2D eigenvalue weighted by Gasteiger charge is 2.27. The number of benzene rings is 1. The van der Waals surface area contributed by atoms with Crippen molar-refractivity contribution in [3.8, 4) is 11.6 Å². The molecule has 0 amide bonds. The van der Waals surface area contributed by atoms with E-state index < -0.39 is 4.92 Å². The normalized spacial score (nSPS) is 15.7. The number of aryl methyl sites for hydroxylation is 2. The second kappa shape index (κ2) is 7.63. The van der Waals surface area contributed by atoms with Gasteiger partial charge in [-0.25, -0.2) is 9.99 Å². The molecule has 138 valence electrons. The number of hydrogen-bond acceptors (Lipinski definition) is 8. The van der Waals surface area contributed by atoms with Gasteiger partial charge in [-0.15, -0.1) is 0 Å². The first-order chi connectivity index (χ1) is 12.4. The van der Waals surface area contributed by atoms with Gasteiger partial charge >= 0.3 is 11.6 Å². The van der Waals surface area contributed by atoms with Crippen molar-refractivity contribution >= 4 is 11.5 Å². The van der Waals surface area contributed by atoms with E-state index in [2.05, 4.69) is 20.3 Å². The van der Waals surface area contributed by atoms with Crippen LogP contribution >= 0.6 is 0 Å². The minimum absolute atomic E-state index is 0.0788. The van der Waals surface area contributed by atoms with Crippen molar-refractivity contribution in [1.82, 2.24) is 19.9 Å². The van der Waals surface area contributed by atoms with Gasteiger partial charge in [-0.05, 0) is 44.2 Å². The molecular formula is C17H22N6O3. The molecule has 26 heavy (non-hydrogen) atoms. The first kappa shape index (κ1) is 18.0. The van der Waals surface area contributed by atoms with Crippen LogP contribution in [0, 0.1) is 24.0 Å². The molecule has 0 atom stereocenters. The summed E-state index contributed by atoms with van der Waals surface area (Å²) in [6, 6.07) is 5.50. The van der Waals surface area contributed by atoms with E-state index in [9.17, 15) is 10.1 Å². The van der Waals surface area contributed by atoms with Crippen molar-refractivity contribution < 1.29 is 9.66 Å². The number of rotatable bonds is 5. The molecule has 1 N–H and O–H groups in total. The highest BCUT2D eigenvalue weighted by molar-refractivity contribution is 5.61. The maximum atomic E-state index is 11.6. The van der Waals surface area contributed by atoms with E-state index in [-0.39, 0.29) is 17.4 Å². The maximum absolute atomic E-state index is 11.6. The van der Waals surface area contributed by atoms with Gasteiger partial charge in [0, 0.05) is 26.2 Å². The van der Waals surface area contributed by atoms with E-state index >= 15 is 0 Å². The van der Waals surface area contributed by atoms with Crippen molar-refractivity contribution in [2.45, 2.75) is 13.8 Å². The molecule has 1 aromatic carbocycles. The van der Waals surface area contributed by atoms with Gasteiger partial charge in [0.15, 0.2) is 0 Å². The summed E-state index contributed by atoms with van der Waals surface area (Å²) in [5, 5.41) is 13.5. The number of nitrogens with one attached hydrogen (secondary N) is 1. The third-order valence-corrected chi connectivity index (χ3v) is 4.43. The lowest BCUT2D eigenvalue weighted by Gasteiger charge is -2.32. The molecule has 2 aromatic rings. The summed E-state index contributed by atoms with van der Waals surface area (Å²) in [4.78, 5) is 21.3. The van der Waals surface area contributed by atoms with Crippen molar-refractivity contribution in [2.24, 2.45) is 0 Å². The van der Waals surface area contributed by atoms with Crippen LogP contribution in [0.1, 0.15) is 11.1 Å². The SMILES string of the molecule is Cc1ccc(Oc2ncnc(NN3CCN(C)CC3)c2[N+](=O)[O-])cc1C. The first-order valence-corrected chi connectivity index (χ1v) is 8.38. The number of ether oxygens (including phenoxy) is 1. The monoisotopic (exact) mass is 358 g/mol. The number of hydrazine groups is 1. The number of piperazine rings is 1. The third-order valence-electron chi connectivity index (χ3n) is 4.43. The van der Waals surface area contributed by atoms with Crippen LogP contribution in [0.5, 0.6) is 11.6 Å². The number of hydrogen-bond donors (Lipinski definition) is 1. The lowest BCUT2D eigenvalue weighted by atomic mass is 10.1. The Morgan fingerprint density at radius 2 is 1.88 bits per heavy atom. The molecule has 9 heteroatoms. The zero-order chi connectivity index (χ0) is 18.7. The molecular weight excluding hydrogens is 336 g/mol. The molecule has 9 nitrogen and oxygen atoms in total. The van der Waals surface area contributed by atoms with Gasteiger partial charge in [0.05, 0.1) is 4.92 Å². The molecule has 1 aliphatic rings. The number of aromatic nitrogens is 2. The van der Waals surface area contributed by atoms with Crippen molar-refractivity contribution in [3.05, 3.63) is 45.8 Å². The van der Waals surface area contributed by atoms with E-state index in [0.29, 0.717) is 5.75 Å². The van der Waals surface area contributed by atoms with Gasteiger partial charge in [0.25, 0.3) is 0 Å². The standard InChI is InChI=1S/C17H22N6O3/c1-12-4-5-14(10-13(12)2)26-17-15(23(24)25)16(18-11-19-17)20-22-8-6-21(3)7-9-22/h4-5,10-11H,6-9H2,1-3H3,(H,18,19,20). The van der Waals surface area contributed by atoms with Gasteiger partial charge in [-0.3, -0.25) is 15.5 Å². The Labute approximate surface area is 151 Å². The highest BCUT2D eigenvalue weighted by atomic mass is 16.6. The second-order valence-electron chi connectivity index (χ2n) is 6.38. The van der Waals surface area contributed by atoms with Crippen LogP contribution in [0.25, 0.3) is 0 Å². The Morgan fingerprint density at radius 3 is 2.54 bits per heavy atom. The Hall–Kier alpha value is -2.78. The maximum Gasteiger partial charge on any atom is 0.374 e. The molecule has 1 aliphatic heterocycles. The topological polar surface area (TPSA) is 96.7 Å². The molecule has 1 fully saturated rings. The fourth-order valence-corrected chi connectivity index (χ4v) is 2.64. The summed E-state index contributed by atoms with van der Waals surface area (Å²) in [6.07, 6.45) is 1.27. The molecule has 1 saturated heterocycles. The third kappa shape index (κ3) is 4.06. The predicted octanol–water partition coefficient (Wildman–Crippen LogP) is 2.37. The molecule has 1 aromatic heterocycles. The van der Waals surface area contributed by atoms with Crippen LogP contribution in [-0.4, -0.2) is 58.0 Å². The number of anilines is 1. The van der Waals surface area contributed by atoms with Crippen LogP contribution in [-0.2, 0) is 0 Å². The van der Waals surface area contributed by atoms with Gasteiger partial charge in [0.2, 0.25) is 5.82 Å². The smallest absolute Gasteiger partial charge is 0.374 e. The van der Waals surface area contributed by atoms with Crippen molar-refractivity contribution in [2.75, 3.05) is 38.7 Å². The van der Waals surface area contributed by atoms with E-state index in [4.69, 9.17) is 4.74 Å². The summed E-state index contributed by atoms with van der Waals surface area (Å²) >= 11 is 0. The fourth-order valence-electron chi connectivity index (χ4n) is 2.64. The van der Waals surface area contributed by atoms with Gasteiger partial charge in [0.1, 0.15) is 12.1 Å². The summed E-state index contributed by atoms with van der Waals surface area (Å²) in [6.45, 7) is 7.17. The number of nitrogens with zero attached hydrogens (tertiary/aromatic N) is 5. The largest absolute Gasteiger partial charge is 0.434 e. The van der Waals surface area contributed by atoms with Crippen LogP contribution in [0.4, 0.5) is 11.5 Å². The number of likely N-dealkylation sites (N-methyl/N-ethyl adjacent to an activating group) is 1. The lowest BCUT2D eigenvalue weighted by Crippen LogP contribution is -2.47. The Balaban J connectivity index is 1.86. The molecule has 3 rings (SSSR count). The summed E-state index contributed by atoms with van der Waals surface area (Å²) in [5.41, 5.74) is 4.91. The quantitative estimate of drug-likeness (QED) is 0.643. The van der Waals surface area contributed by atoms with E-state index in [1.165, 1.54) is 6.33 Å². The summed E-state index contributed by atoms with van der Waals surface area (Å²) in [5.74, 6) is 0.554. The summed E-state index contributed by atoms with van der Waals surface area (Å²) in [7, 11) is 2.04. The second-order valence-corrected chi connectivity index (χ2v) is 6.38. The predicted molar refractivity (Wildman–Crippen MR) is 97.4 cm³/mol. The van der Waals surface area contributed by atoms with Crippen molar-refractivity contribution in [1.29, 1.82) is 0 Å². The molecule has 2 heterocycles. The molecule has 0 spiro atoms. The van der Waals surface area contributed by atoms with Gasteiger partial charge < -0.3 is 9.64 Å². The van der Waals surface area contributed by atoms with E-state index in [0.717, 1.165) is 37.3 Å². The molecule has 0 bridgehead atoms. The Kier molecular flexibility index (Phi) is 5.29. The highest BCUT2D eigenvalue weighted by Crippen LogP contribution is 2.34. The fraction of sp³-hybridized carbons (Fsp3) is 0.412. The van der Waals surface area contributed by atoms with Crippen LogP contribution in [0.3, 0.4) is 0 Å². The average molecular weight is 358 g/mol. The molecule has 0 saturated carbocycles. The molecule has 0 unspecified atom stereocenters. The molecule has 0 radical (unpaired) electrons. The zero-order valence-electron chi connectivity index (χ0n) is 15.1. The van der Waals surface area contributed by atoms with Crippen LogP contribution in [0.15, 0.2) is 24.5 Å². The Bertz CT molecular complexity index is 805. The minimum Gasteiger partial charge on any atom is -0.434 e. The lowest BCUT2D eigenvalue weighted by molar-refractivity contribution is -0.385. The summed E-state index contributed by atoms with van der Waals surface area (Å²) < 4.78 is 5.69. The minimum atomic E-state index is -0.519. The van der Waals surface area contributed by atoms with E-state index in [1.807, 2.05) is 38.0 Å².